The number of nitrogens with zero attached hydrogens (tertiary/aromatic N) is 1. The summed E-state index contributed by atoms with van der Waals surface area (Å²) in [6.07, 6.45) is 3.60. The second-order valence-electron chi connectivity index (χ2n) is 5.04. The highest BCUT2D eigenvalue weighted by Crippen LogP contribution is 2.33. The molecule has 0 aliphatic heterocycles. The summed E-state index contributed by atoms with van der Waals surface area (Å²) >= 11 is 0. The smallest absolute Gasteiger partial charge is 0.311 e. The number of nitro groups is 1. The lowest BCUT2D eigenvalue weighted by Gasteiger charge is -2.22. The summed E-state index contributed by atoms with van der Waals surface area (Å²) in [6, 6.07) is 4.86. The van der Waals surface area contributed by atoms with E-state index in [1.807, 2.05) is 0 Å². The van der Waals surface area contributed by atoms with Crippen LogP contribution in [-0.4, -0.2) is 22.2 Å². The lowest BCUT2D eigenvalue weighted by molar-refractivity contribution is -0.386. The molecule has 0 saturated heterocycles. The fraction of sp³-hybridized carbons (Fsp3) is 0.571. The van der Waals surface area contributed by atoms with Crippen molar-refractivity contribution in [3.8, 4) is 5.75 Å². The van der Waals surface area contributed by atoms with Gasteiger partial charge in [0.1, 0.15) is 6.10 Å². The maximum absolute atomic E-state index is 11.0. The van der Waals surface area contributed by atoms with Gasteiger partial charge < -0.3 is 9.84 Å². The van der Waals surface area contributed by atoms with E-state index in [1.165, 1.54) is 6.07 Å². The van der Waals surface area contributed by atoms with Crippen LogP contribution in [-0.2, 0) is 0 Å². The topological polar surface area (TPSA) is 72.6 Å². The molecule has 19 heavy (non-hydrogen) atoms. The molecule has 0 amide bonds. The monoisotopic (exact) mass is 265 g/mol. The number of benzene rings is 1. The Morgan fingerprint density at radius 1 is 1.32 bits per heavy atom. The van der Waals surface area contributed by atoms with Crippen molar-refractivity contribution in [2.24, 2.45) is 0 Å². The first-order valence-electron chi connectivity index (χ1n) is 6.68. The number of nitro benzene ring substituents is 1. The zero-order chi connectivity index (χ0) is 13.8. The zero-order valence-electron chi connectivity index (χ0n) is 11.0. The molecule has 0 aromatic heterocycles. The molecule has 2 unspecified atom stereocenters. The van der Waals surface area contributed by atoms with Gasteiger partial charge in [0, 0.05) is 6.07 Å². The Bertz CT molecular complexity index is 461. The van der Waals surface area contributed by atoms with Crippen LogP contribution in [0, 0.1) is 17.0 Å². The number of aliphatic hydroxyl groups is 1. The number of ether oxygens (including phenoxy) is 1. The van der Waals surface area contributed by atoms with Crippen LogP contribution in [0.15, 0.2) is 18.2 Å². The zero-order valence-corrected chi connectivity index (χ0v) is 11.0. The molecule has 1 aliphatic rings. The van der Waals surface area contributed by atoms with E-state index in [9.17, 15) is 15.2 Å². The van der Waals surface area contributed by atoms with E-state index in [-0.39, 0.29) is 11.8 Å². The first-order valence-corrected chi connectivity index (χ1v) is 6.68. The Balaban J connectivity index is 2.24. The first-order chi connectivity index (χ1) is 9.09. The maximum atomic E-state index is 11.0. The molecule has 0 radical (unpaired) electrons. The molecular formula is C14H19NO4. The Hall–Kier alpha value is -1.62. The third-order valence-electron chi connectivity index (χ3n) is 3.57. The quantitative estimate of drug-likeness (QED) is 0.518. The van der Waals surface area contributed by atoms with Gasteiger partial charge in [-0.25, -0.2) is 0 Å². The molecule has 2 atom stereocenters. The molecule has 2 rings (SSSR count). The average molecular weight is 265 g/mol. The summed E-state index contributed by atoms with van der Waals surface area (Å²) in [5.41, 5.74) is 0.696. The number of para-hydroxylation sites is 1. The van der Waals surface area contributed by atoms with E-state index in [2.05, 4.69) is 0 Å². The first kappa shape index (κ1) is 13.8. The highest BCUT2D eigenvalue weighted by Gasteiger charge is 2.27. The van der Waals surface area contributed by atoms with Crippen molar-refractivity contribution in [1.82, 2.24) is 0 Å². The van der Waals surface area contributed by atoms with Crippen LogP contribution in [0.1, 0.15) is 37.7 Å². The predicted molar refractivity (Wildman–Crippen MR) is 71.3 cm³/mol. The molecule has 1 aromatic carbocycles. The summed E-state index contributed by atoms with van der Waals surface area (Å²) in [6.45, 7) is 1.78. The molecule has 104 valence electrons. The number of hydrogen-bond donors (Lipinski definition) is 1. The second kappa shape index (κ2) is 6.02. The van der Waals surface area contributed by atoms with E-state index in [4.69, 9.17) is 4.74 Å². The van der Waals surface area contributed by atoms with Crippen molar-refractivity contribution >= 4 is 5.69 Å². The van der Waals surface area contributed by atoms with E-state index < -0.39 is 11.0 Å². The van der Waals surface area contributed by atoms with Crippen molar-refractivity contribution in [2.75, 3.05) is 0 Å². The van der Waals surface area contributed by atoms with Gasteiger partial charge in [-0.3, -0.25) is 10.1 Å². The molecule has 1 aromatic rings. The number of aryl methyl sites for hydroxylation is 1. The predicted octanol–water partition coefficient (Wildman–Crippen LogP) is 2.98. The van der Waals surface area contributed by atoms with Crippen molar-refractivity contribution < 1.29 is 14.8 Å². The standard InChI is InChI=1S/C14H19NO4/c1-10-6-5-7-11(15(17)18)14(10)19-13-9-4-2-3-8-12(13)16/h5-7,12-13,16H,2-4,8-9H2,1H3. The molecule has 1 fully saturated rings. The third kappa shape index (κ3) is 3.23. The molecule has 0 bridgehead atoms. The normalized spacial score (nSPS) is 23.7. The third-order valence-corrected chi connectivity index (χ3v) is 3.57. The van der Waals surface area contributed by atoms with Crippen LogP contribution in [0.4, 0.5) is 5.69 Å². The molecule has 0 spiro atoms. The van der Waals surface area contributed by atoms with E-state index in [0.29, 0.717) is 12.2 Å². The Morgan fingerprint density at radius 3 is 2.79 bits per heavy atom. The molecular weight excluding hydrogens is 246 g/mol. The molecule has 1 N–H and O–H groups in total. The summed E-state index contributed by atoms with van der Waals surface area (Å²) in [5, 5.41) is 21.1. The SMILES string of the molecule is Cc1cccc([N+](=O)[O-])c1OC1CCCCCC1O. The minimum absolute atomic E-state index is 0.0311. The fourth-order valence-electron chi connectivity index (χ4n) is 2.48. The Morgan fingerprint density at radius 2 is 2.05 bits per heavy atom. The summed E-state index contributed by atoms with van der Waals surface area (Å²) < 4.78 is 5.78. The van der Waals surface area contributed by atoms with Crippen LogP contribution in [0.2, 0.25) is 0 Å². The lowest BCUT2D eigenvalue weighted by atomic mass is 10.1. The molecule has 0 heterocycles. The van der Waals surface area contributed by atoms with Gasteiger partial charge in [0.25, 0.3) is 0 Å². The number of hydrogen-bond acceptors (Lipinski definition) is 4. The van der Waals surface area contributed by atoms with Crippen molar-refractivity contribution in [3.05, 3.63) is 33.9 Å². The number of rotatable bonds is 3. The van der Waals surface area contributed by atoms with Crippen molar-refractivity contribution in [1.29, 1.82) is 0 Å². The summed E-state index contributed by atoms with van der Waals surface area (Å²) in [5.74, 6) is 0.290. The minimum Gasteiger partial charge on any atom is -0.481 e. The highest BCUT2D eigenvalue weighted by atomic mass is 16.6. The molecule has 1 saturated carbocycles. The van der Waals surface area contributed by atoms with Gasteiger partial charge in [-0.05, 0) is 31.7 Å². The Labute approximate surface area is 112 Å². The van der Waals surface area contributed by atoms with Gasteiger partial charge in [-0.1, -0.05) is 25.0 Å². The molecule has 1 aliphatic carbocycles. The summed E-state index contributed by atoms with van der Waals surface area (Å²) in [7, 11) is 0. The van der Waals surface area contributed by atoms with Crippen LogP contribution in [0.3, 0.4) is 0 Å². The van der Waals surface area contributed by atoms with Crippen LogP contribution < -0.4 is 4.74 Å². The lowest BCUT2D eigenvalue weighted by Crippen LogP contribution is -2.30. The van der Waals surface area contributed by atoms with Crippen LogP contribution >= 0.6 is 0 Å². The van der Waals surface area contributed by atoms with E-state index >= 15 is 0 Å². The van der Waals surface area contributed by atoms with Gasteiger partial charge in [0.15, 0.2) is 5.75 Å². The van der Waals surface area contributed by atoms with Gasteiger partial charge in [-0.2, -0.15) is 0 Å². The average Bonchev–Trinajstić information content (AvgIpc) is 2.57. The van der Waals surface area contributed by atoms with Crippen LogP contribution in [0.5, 0.6) is 5.75 Å². The Kier molecular flexibility index (Phi) is 4.37. The van der Waals surface area contributed by atoms with E-state index in [1.54, 1.807) is 19.1 Å². The molecule has 5 heteroatoms. The minimum atomic E-state index is -0.540. The van der Waals surface area contributed by atoms with Gasteiger partial charge in [-0.15, -0.1) is 0 Å². The largest absolute Gasteiger partial charge is 0.481 e. The van der Waals surface area contributed by atoms with Crippen molar-refractivity contribution in [3.63, 3.8) is 0 Å². The van der Waals surface area contributed by atoms with Crippen molar-refractivity contribution in [2.45, 2.75) is 51.2 Å². The summed E-state index contributed by atoms with van der Waals surface area (Å²) in [4.78, 5) is 10.6. The van der Waals surface area contributed by atoms with Crippen LogP contribution in [0.25, 0.3) is 0 Å². The second-order valence-corrected chi connectivity index (χ2v) is 5.04. The number of aliphatic hydroxyl groups excluding tert-OH is 1. The highest BCUT2D eigenvalue weighted by molar-refractivity contribution is 5.51. The van der Waals surface area contributed by atoms with Gasteiger partial charge >= 0.3 is 5.69 Å². The maximum Gasteiger partial charge on any atom is 0.311 e. The van der Waals surface area contributed by atoms with Gasteiger partial charge in [0.2, 0.25) is 0 Å². The van der Waals surface area contributed by atoms with Gasteiger partial charge in [0.05, 0.1) is 11.0 Å². The fourth-order valence-corrected chi connectivity index (χ4v) is 2.48. The molecule has 5 nitrogen and oxygen atoms in total. The van der Waals surface area contributed by atoms with E-state index in [0.717, 1.165) is 31.2 Å².